The Balaban J connectivity index is 1.45. The van der Waals surface area contributed by atoms with E-state index in [0.29, 0.717) is 39.3 Å². The Bertz CT molecular complexity index is 1350. The fourth-order valence-corrected chi connectivity index (χ4v) is 4.61. The van der Waals surface area contributed by atoms with Crippen molar-refractivity contribution in [3.05, 3.63) is 81.6 Å². The summed E-state index contributed by atoms with van der Waals surface area (Å²) >= 11 is 12.3. The average Bonchev–Trinajstić information content (AvgIpc) is 2.84. The number of hydrogen-bond donors (Lipinski definition) is 2. The molecule has 2 aliphatic rings. The lowest BCUT2D eigenvalue weighted by Crippen LogP contribution is -2.40. The van der Waals surface area contributed by atoms with Crippen molar-refractivity contribution < 1.29 is 14.3 Å². The van der Waals surface area contributed by atoms with Crippen molar-refractivity contribution in [2.45, 2.75) is 12.8 Å². The Hall–Kier alpha value is -3.75. The van der Waals surface area contributed by atoms with Crippen molar-refractivity contribution in [3.8, 4) is 5.75 Å². The standard InChI is InChI=1S/C27H25Cl2N5O3/c1-37-23-14-20(29)13-22(34(16-35)24-8-7-19(28)15-31-24)25(23)32-27(36)18-5-3-17(4-6-18)26(21-9-10-30-21)33-11-2-12-33/h3-8,13-16,30H,2,9-12H2,1H3,(H,32,36). The SMILES string of the molecule is COc1cc(Cl)cc(N(C=O)c2ccc(Cl)cn2)c1NC(=O)c1ccc(C(=C2CCN2)N2CCC2)cc1. The molecule has 0 unspecified atom stereocenters. The van der Waals surface area contributed by atoms with E-state index in [2.05, 4.69) is 20.5 Å². The number of methoxy groups -OCH3 is 1. The Morgan fingerprint density at radius 3 is 2.38 bits per heavy atom. The molecule has 0 radical (unpaired) electrons. The molecule has 8 nitrogen and oxygen atoms in total. The first-order valence-corrected chi connectivity index (χ1v) is 12.6. The normalized spacial score (nSPS) is 15.6. The van der Waals surface area contributed by atoms with E-state index in [1.54, 1.807) is 36.4 Å². The van der Waals surface area contributed by atoms with Crippen molar-refractivity contribution in [1.29, 1.82) is 0 Å². The maximum absolute atomic E-state index is 13.3. The van der Waals surface area contributed by atoms with Gasteiger partial charge >= 0.3 is 0 Å². The lowest BCUT2D eigenvalue weighted by Gasteiger charge is -2.39. The van der Waals surface area contributed by atoms with Gasteiger partial charge in [-0.1, -0.05) is 35.3 Å². The maximum Gasteiger partial charge on any atom is 0.255 e. The molecule has 2 fully saturated rings. The Morgan fingerprint density at radius 1 is 1.11 bits per heavy atom. The van der Waals surface area contributed by atoms with Crippen LogP contribution in [0, 0.1) is 0 Å². The molecule has 0 saturated carbocycles. The fraction of sp³-hybridized carbons (Fsp3) is 0.222. The van der Waals surface area contributed by atoms with Gasteiger partial charge in [0, 0.05) is 54.6 Å². The number of ether oxygens (including phenoxy) is 1. The number of rotatable bonds is 8. The molecular formula is C27H25Cl2N5O3. The predicted octanol–water partition coefficient (Wildman–Crippen LogP) is 5.31. The van der Waals surface area contributed by atoms with Crippen LogP contribution in [0.3, 0.4) is 0 Å². The third-order valence-electron chi connectivity index (χ3n) is 6.42. The monoisotopic (exact) mass is 537 g/mol. The topological polar surface area (TPSA) is 86.8 Å². The zero-order valence-corrected chi connectivity index (χ0v) is 21.6. The third-order valence-corrected chi connectivity index (χ3v) is 6.86. The average molecular weight is 538 g/mol. The van der Waals surface area contributed by atoms with Crippen molar-refractivity contribution in [1.82, 2.24) is 15.2 Å². The highest BCUT2D eigenvalue weighted by atomic mass is 35.5. The molecule has 190 valence electrons. The molecule has 2 amide bonds. The summed E-state index contributed by atoms with van der Waals surface area (Å²) in [5.41, 5.74) is 4.58. The second kappa shape index (κ2) is 10.7. The van der Waals surface area contributed by atoms with Gasteiger partial charge in [-0.25, -0.2) is 4.98 Å². The Kier molecular flexibility index (Phi) is 7.21. The lowest BCUT2D eigenvalue weighted by atomic mass is 9.99. The summed E-state index contributed by atoms with van der Waals surface area (Å²) in [6, 6.07) is 13.9. The van der Waals surface area contributed by atoms with Crippen molar-refractivity contribution in [3.63, 3.8) is 0 Å². The minimum absolute atomic E-state index is 0.284. The Morgan fingerprint density at radius 2 is 1.84 bits per heavy atom. The smallest absolute Gasteiger partial charge is 0.255 e. The summed E-state index contributed by atoms with van der Waals surface area (Å²) in [5, 5.41) is 7.06. The molecule has 37 heavy (non-hydrogen) atoms. The molecule has 0 bridgehead atoms. The number of likely N-dealkylation sites (tertiary alicyclic amines) is 1. The zero-order chi connectivity index (χ0) is 25.9. The highest BCUT2D eigenvalue weighted by Crippen LogP contribution is 2.41. The van der Waals surface area contributed by atoms with Crippen LogP contribution in [0.4, 0.5) is 17.2 Å². The van der Waals surface area contributed by atoms with E-state index in [1.165, 1.54) is 36.0 Å². The van der Waals surface area contributed by atoms with Gasteiger partial charge in [0.2, 0.25) is 6.41 Å². The molecule has 2 aromatic carbocycles. The molecule has 2 aliphatic heterocycles. The summed E-state index contributed by atoms with van der Waals surface area (Å²) in [6.07, 6.45) is 4.23. The predicted molar refractivity (Wildman–Crippen MR) is 146 cm³/mol. The molecule has 2 N–H and O–H groups in total. The number of amides is 2. The number of benzene rings is 2. The quantitative estimate of drug-likeness (QED) is 0.378. The summed E-state index contributed by atoms with van der Waals surface area (Å²) in [5.74, 6) is 0.247. The van der Waals surface area contributed by atoms with Crippen molar-refractivity contribution >= 4 is 58.4 Å². The van der Waals surface area contributed by atoms with E-state index < -0.39 is 0 Å². The molecule has 0 atom stereocenters. The minimum atomic E-state index is -0.358. The first-order valence-electron chi connectivity index (χ1n) is 11.9. The molecule has 2 saturated heterocycles. The summed E-state index contributed by atoms with van der Waals surface area (Å²) in [7, 11) is 1.46. The molecule has 5 rings (SSSR count). The van der Waals surface area contributed by atoms with Gasteiger partial charge in [-0.15, -0.1) is 0 Å². The molecule has 1 aromatic heterocycles. The van der Waals surface area contributed by atoms with Gasteiger partial charge in [-0.05, 0) is 42.3 Å². The van der Waals surface area contributed by atoms with E-state index in [9.17, 15) is 9.59 Å². The highest BCUT2D eigenvalue weighted by molar-refractivity contribution is 6.31. The van der Waals surface area contributed by atoms with Crippen LogP contribution in [-0.2, 0) is 4.79 Å². The van der Waals surface area contributed by atoms with Crippen molar-refractivity contribution in [2.75, 3.05) is 37.0 Å². The van der Waals surface area contributed by atoms with Crippen LogP contribution in [0.5, 0.6) is 5.75 Å². The minimum Gasteiger partial charge on any atom is -0.494 e. The first kappa shape index (κ1) is 24.9. The molecule has 0 spiro atoms. The number of carbonyl (C=O) groups excluding carboxylic acids is 2. The number of nitrogens with one attached hydrogen (secondary N) is 2. The highest BCUT2D eigenvalue weighted by Gasteiger charge is 2.25. The fourth-order valence-electron chi connectivity index (χ4n) is 4.29. The first-order chi connectivity index (χ1) is 18.0. The molecule has 10 heteroatoms. The largest absolute Gasteiger partial charge is 0.494 e. The summed E-state index contributed by atoms with van der Waals surface area (Å²) in [6.45, 7) is 3.07. The van der Waals surface area contributed by atoms with Gasteiger partial charge in [0.1, 0.15) is 17.3 Å². The van der Waals surface area contributed by atoms with Gasteiger partial charge in [-0.3, -0.25) is 14.5 Å². The van der Waals surface area contributed by atoms with Crippen LogP contribution in [-0.4, -0.2) is 48.9 Å². The van der Waals surface area contributed by atoms with Gasteiger partial charge in [0.15, 0.2) is 0 Å². The van der Waals surface area contributed by atoms with Gasteiger partial charge in [0.05, 0.1) is 23.5 Å². The van der Waals surface area contributed by atoms with Crippen molar-refractivity contribution in [2.24, 2.45) is 0 Å². The maximum atomic E-state index is 13.3. The van der Waals surface area contributed by atoms with E-state index >= 15 is 0 Å². The van der Waals surface area contributed by atoms with Crippen LogP contribution in [0.2, 0.25) is 10.0 Å². The second-order valence-electron chi connectivity index (χ2n) is 8.69. The zero-order valence-electron chi connectivity index (χ0n) is 20.1. The molecule has 0 aliphatic carbocycles. The van der Waals surface area contributed by atoms with Crippen LogP contribution >= 0.6 is 23.2 Å². The van der Waals surface area contributed by atoms with Crippen LogP contribution in [0.1, 0.15) is 28.8 Å². The number of hydrogen-bond acceptors (Lipinski definition) is 6. The number of aromatic nitrogens is 1. The Labute approximate surface area is 224 Å². The lowest BCUT2D eigenvalue weighted by molar-refractivity contribution is -0.106. The van der Waals surface area contributed by atoms with Crippen LogP contribution in [0.15, 0.2) is 60.4 Å². The summed E-state index contributed by atoms with van der Waals surface area (Å²) < 4.78 is 5.49. The third kappa shape index (κ3) is 5.08. The number of nitrogens with zero attached hydrogens (tertiary/aromatic N) is 3. The molecular weight excluding hydrogens is 513 g/mol. The van der Waals surface area contributed by atoms with Crippen LogP contribution < -0.4 is 20.3 Å². The van der Waals surface area contributed by atoms with Crippen LogP contribution in [0.25, 0.3) is 5.70 Å². The van der Waals surface area contributed by atoms with E-state index in [4.69, 9.17) is 27.9 Å². The second-order valence-corrected chi connectivity index (χ2v) is 9.56. The van der Waals surface area contributed by atoms with E-state index in [1.807, 2.05) is 12.1 Å². The van der Waals surface area contributed by atoms with E-state index in [0.717, 1.165) is 31.6 Å². The number of carbonyl (C=O) groups is 2. The summed E-state index contributed by atoms with van der Waals surface area (Å²) in [4.78, 5) is 33.3. The van der Waals surface area contributed by atoms with Gasteiger partial charge < -0.3 is 20.3 Å². The molecule has 3 aromatic rings. The van der Waals surface area contributed by atoms with E-state index in [-0.39, 0.29) is 11.6 Å². The van der Waals surface area contributed by atoms with Gasteiger partial charge in [-0.2, -0.15) is 0 Å². The van der Waals surface area contributed by atoms with Gasteiger partial charge in [0.25, 0.3) is 5.91 Å². The molecule has 3 heterocycles. The number of anilines is 3. The number of halogens is 2. The number of pyridine rings is 1.